The van der Waals surface area contributed by atoms with Crippen LogP contribution in [0.15, 0.2) is 24.3 Å². The van der Waals surface area contributed by atoms with Crippen molar-refractivity contribution in [3.63, 3.8) is 0 Å². The molecule has 18 heavy (non-hydrogen) atoms. The minimum atomic E-state index is 0.293. The summed E-state index contributed by atoms with van der Waals surface area (Å²) in [6, 6.07) is 8.13. The highest BCUT2D eigenvalue weighted by atomic mass is 16.1. The lowest BCUT2D eigenvalue weighted by atomic mass is 9.80. The van der Waals surface area contributed by atoms with E-state index in [2.05, 4.69) is 13.0 Å². The number of fused-ring (bicyclic) bond motifs is 1. The minimum Gasteiger partial charge on any atom is -0.294 e. The Morgan fingerprint density at radius 1 is 1.11 bits per heavy atom. The number of unbranched alkanes of at least 4 members (excludes halogenated alkanes) is 4. The summed E-state index contributed by atoms with van der Waals surface area (Å²) in [7, 11) is 0. The van der Waals surface area contributed by atoms with Crippen molar-refractivity contribution >= 4 is 5.78 Å². The van der Waals surface area contributed by atoms with E-state index in [-0.39, 0.29) is 0 Å². The molecule has 1 unspecified atom stereocenters. The zero-order chi connectivity index (χ0) is 12.8. The number of aryl methyl sites for hydroxylation is 1. The van der Waals surface area contributed by atoms with Crippen molar-refractivity contribution in [3.05, 3.63) is 35.4 Å². The molecule has 2 rings (SSSR count). The lowest BCUT2D eigenvalue weighted by Crippen LogP contribution is -2.22. The molecule has 1 heteroatoms. The third-order valence-corrected chi connectivity index (χ3v) is 4.07. The highest BCUT2D eigenvalue weighted by Crippen LogP contribution is 2.28. The molecule has 0 spiro atoms. The van der Waals surface area contributed by atoms with Gasteiger partial charge in [-0.3, -0.25) is 4.79 Å². The van der Waals surface area contributed by atoms with Crippen LogP contribution < -0.4 is 0 Å². The number of hydrogen-bond acceptors (Lipinski definition) is 1. The first-order valence-electron chi connectivity index (χ1n) is 7.45. The molecule has 0 N–H and O–H groups in total. The van der Waals surface area contributed by atoms with Gasteiger partial charge in [0.2, 0.25) is 0 Å². The fourth-order valence-corrected chi connectivity index (χ4v) is 2.93. The molecule has 0 fully saturated rings. The zero-order valence-electron chi connectivity index (χ0n) is 11.5. The molecule has 1 aliphatic carbocycles. The molecule has 0 saturated heterocycles. The van der Waals surface area contributed by atoms with Crippen molar-refractivity contribution in [2.24, 2.45) is 5.92 Å². The molecule has 0 bridgehead atoms. The van der Waals surface area contributed by atoms with Crippen LogP contribution in [-0.2, 0) is 6.42 Å². The van der Waals surface area contributed by atoms with Gasteiger partial charge in [0.1, 0.15) is 0 Å². The summed E-state index contributed by atoms with van der Waals surface area (Å²) in [5.41, 5.74) is 2.24. The quantitative estimate of drug-likeness (QED) is 0.657. The summed E-state index contributed by atoms with van der Waals surface area (Å²) in [5, 5.41) is 0. The first kappa shape index (κ1) is 13.3. The molecule has 0 heterocycles. The monoisotopic (exact) mass is 244 g/mol. The number of hydrogen-bond donors (Lipinski definition) is 0. The Labute approximate surface area is 111 Å². The van der Waals surface area contributed by atoms with Crippen molar-refractivity contribution < 1.29 is 4.79 Å². The van der Waals surface area contributed by atoms with Crippen LogP contribution in [0.3, 0.4) is 0 Å². The Hall–Kier alpha value is -1.11. The molecular weight excluding hydrogens is 220 g/mol. The Balaban J connectivity index is 1.84. The largest absolute Gasteiger partial charge is 0.294 e. The number of carbonyl (C=O) groups is 1. The number of Topliss-reactive ketones (excluding diaryl/α,β-unsaturated/α-hetero) is 1. The third kappa shape index (κ3) is 3.22. The Morgan fingerprint density at radius 2 is 1.89 bits per heavy atom. The van der Waals surface area contributed by atoms with Gasteiger partial charge in [-0.25, -0.2) is 0 Å². The van der Waals surface area contributed by atoms with E-state index in [4.69, 9.17) is 0 Å². The summed E-state index contributed by atoms with van der Waals surface area (Å²) in [4.78, 5) is 12.3. The molecule has 1 aromatic rings. The van der Waals surface area contributed by atoms with E-state index in [1.54, 1.807) is 0 Å². The number of ketones is 1. The predicted molar refractivity (Wildman–Crippen MR) is 76.0 cm³/mol. The molecule has 0 aliphatic heterocycles. The van der Waals surface area contributed by atoms with Gasteiger partial charge in [0, 0.05) is 11.5 Å². The Kier molecular flexibility index (Phi) is 4.98. The fourth-order valence-electron chi connectivity index (χ4n) is 2.93. The van der Waals surface area contributed by atoms with E-state index in [0.717, 1.165) is 24.8 Å². The highest BCUT2D eigenvalue weighted by molar-refractivity contribution is 6.00. The second kappa shape index (κ2) is 6.72. The van der Waals surface area contributed by atoms with Crippen molar-refractivity contribution in [1.29, 1.82) is 0 Å². The van der Waals surface area contributed by atoms with E-state index in [0.29, 0.717) is 11.7 Å². The first-order chi connectivity index (χ1) is 8.83. The molecule has 1 nitrogen and oxygen atoms in total. The first-order valence-corrected chi connectivity index (χ1v) is 7.45. The Bertz CT molecular complexity index is 394. The van der Waals surface area contributed by atoms with Gasteiger partial charge >= 0.3 is 0 Å². The summed E-state index contributed by atoms with van der Waals surface area (Å²) in [6.07, 6.45) is 9.70. The molecule has 1 aromatic carbocycles. The minimum absolute atomic E-state index is 0.293. The van der Waals surface area contributed by atoms with Gasteiger partial charge < -0.3 is 0 Å². The van der Waals surface area contributed by atoms with Crippen molar-refractivity contribution in [3.8, 4) is 0 Å². The fraction of sp³-hybridized carbons (Fsp3) is 0.588. The molecule has 1 aliphatic rings. The van der Waals surface area contributed by atoms with Gasteiger partial charge in [-0.2, -0.15) is 0 Å². The SMILES string of the molecule is CCCCCCCC1CCc2ccccc2C1=O. The van der Waals surface area contributed by atoms with E-state index in [9.17, 15) is 4.79 Å². The van der Waals surface area contributed by atoms with Gasteiger partial charge in [0.25, 0.3) is 0 Å². The highest BCUT2D eigenvalue weighted by Gasteiger charge is 2.26. The predicted octanol–water partition coefficient (Wildman–Crippen LogP) is 4.79. The average molecular weight is 244 g/mol. The van der Waals surface area contributed by atoms with Crippen molar-refractivity contribution in [1.82, 2.24) is 0 Å². The standard InChI is InChI=1S/C17H24O/c1-2-3-4-5-6-10-15-13-12-14-9-7-8-11-16(14)17(15)18/h7-9,11,15H,2-6,10,12-13H2,1H3. The third-order valence-electron chi connectivity index (χ3n) is 4.07. The topological polar surface area (TPSA) is 17.1 Å². The maximum absolute atomic E-state index is 12.3. The normalized spacial score (nSPS) is 18.7. The molecule has 0 radical (unpaired) electrons. The van der Waals surface area contributed by atoms with Crippen molar-refractivity contribution in [2.75, 3.05) is 0 Å². The van der Waals surface area contributed by atoms with Crippen LogP contribution in [0.2, 0.25) is 0 Å². The van der Waals surface area contributed by atoms with E-state index in [1.807, 2.05) is 18.2 Å². The number of rotatable bonds is 6. The summed E-state index contributed by atoms with van der Waals surface area (Å²) in [6.45, 7) is 2.24. The maximum Gasteiger partial charge on any atom is 0.166 e. The molecular formula is C17H24O. The molecule has 98 valence electrons. The summed E-state index contributed by atoms with van der Waals surface area (Å²) in [5.74, 6) is 0.689. The van der Waals surface area contributed by atoms with E-state index >= 15 is 0 Å². The lowest BCUT2D eigenvalue weighted by Gasteiger charge is -2.23. The van der Waals surface area contributed by atoms with Gasteiger partial charge in [0.05, 0.1) is 0 Å². The van der Waals surface area contributed by atoms with Crippen LogP contribution in [0.25, 0.3) is 0 Å². The van der Waals surface area contributed by atoms with Crippen LogP contribution in [0.4, 0.5) is 0 Å². The molecule has 0 aromatic heterocycles. The van der Waals surface area contributed by atoms with E-state index in [1.165, 1.54) is 37.7 Å². The van der Waals surface area contributed by atoms with E-state index < -0.39 is 0 Å². The average Bonchev–Trinajstić information content (AvgIpc) is 2.41. The van der Waals surface area contributed by atoms with Gasteiger partial charge in [-0.15, -0.1) is 0 Å². The summed E-state index contributed by atoms with van der Waals surface area (Å²) < 4.78 is 0. The van der Waals surface area contributed by atoms with Crippen LogP contribution in [-0.4, -0.2) is 5.78 Å². The van der Waals surface area contributed by atoms with Gasteiger partial charge in [0.15, 0.2) is 5.78 Å². The van der Waals surface area contributed by atoms with Crippen LogP contribution in [0, 0.1) is 5.92 Å². The molecule has 0 amide bonds. The second-order valence-electron chi connectivity index (χ2n) is 5.46. The number of carbonyl (C=O) groups excluding carboxylic acids is 1. The van der Waals surface area contributed by atoms with Gasteiger partial charge in [-0.05, 0) is 24.8 Å². The summed E-state index contributed by atoms with van der Waals surface area (Å²) >= 11 is 0. The smallest absolute Gasteiger partial charge is 0.166 e. The second-order valence-corrected chi connectivity index (χ2v) is 5.46. The lowest BCUT2D eigenvalue weighted by molar-refractivity contribution is 0.0892. The van der Waals surface area contributed by atoms with Crippen molar-refractivity contribution in [2.45, 2.75) is 58.3 Å². The molecule has 0 saturated carbocycles. The zero-order valence-corrected chi connectivity index (χ0v) is 11.5. The Morgan fingerprint density at radius 3 is 2.72 bits per heavy atom. The van der Waals surface area contributed by atoms with Crippen LogP contribution in [0.1, 0.15) is 67.8 Å². The van der Waals surface area contributed by atoms with Crippen LogP contribution >= 0.6 is 0 Å². The molecule has 1 atom stereocenters. The van der Waals surface area contributed by atoms with Crippen LogP contribution in [0.5, 0.6) is 0 Å². The van der Waals surface area contributed by atoms with Gasteiger partial charge in [-0.1, -0.05) is 63.3 Å². The number of benzene rings is 1. The maximum atomic E-state index is 12.3.